The Labute approximate surface area is 129 Å². The molecule has 0 radical (unpaired) electrons. The highest BCUT2D eigenvalue weighted by Crippen LogP contribution is 2.30. The molecule has 3 heterocycles. The maximum atomic E-state index is 12.7. The van der Waals surface area contributed by atoms with E-state index < -0.39 is 0 Å². The van der Waals surface area contributed by atoms with E-state index in [2.05, 4.69) is 27.1 Å². The number of hydrogen-bond acceptors (Lipinski definition) is 5. The molecule has 1 amide bonds. The van der Waals surface area contributed by atoms with Crippen molar-refractivity contribution in [2.24, 2.45) is 0 Å². The highest BCUT2D eigenvalue weighted by atomic mass is 16.2. The van der Waals surface area contributed by atoms with E-state index >= 15 is 0 Å². The molecule has 1 atom stereocenters. The van der Waals surface area contributed by atoms with Gasteiger partial charge in [-0.05, 0) is 25.7 Å². The van der Waals surface area contributed by atoms with E-state index in [1.165, 1.54) is 6.20 Å². The van der Waals surface area contributed by atoms with Gasteiger partial charge >= 0.3 is 0 Å². The van der Waals surface area contributed by atoms with Gasteiger partial charge in [-0.1, -0.05) is 6.92 Å². The van der Waals surface area contributed by atoms with Crippen LogP contribution in [0.3, 0.4) is 0 Å². The Hall–Kier alpha value is -2.31. The summed E-state index contributed by atoms with van der Waals surface area (Å²) in [6.07, 6.45) is 10.4. The van der Waals surface area contributed by atoms with E-state index in [1.54, 1.807) is 18.7 Å². The number of rotatable bonds is 4. The second-order valence-corrected chi connectivity index (χ2v) is 5.48. The van der Waals surface area contributed by atoms with Crippen molar-refractivity contribution in [3.05, 3.63) is 36.4 Å². The van der Waals surface area contributed by atoms with Crippen LogP contribution in [-0.2, 0) is 6.54 Å². The molecule has 1 aliphatic rings. The number of carbonyl (C=O) groups is 1. The Bertz CT molecular complexity index is 626. The minimum atomic E-state index is -0.0798. The molecule has 0 aromatic carbocycles. The van der Waals surface area contributed by atoms with Gasteiger partial charge in [-0.25, -0.2) is 4.98 Å². The highest BCUT2D eigenvalue weighted by molar-refractivity contribution is 5.92. The number of nitrogens with zero attached hydrogens (tertiary/aromatic N) is 6. The molecule has 1 unspecified atom stereocenters. The molecule has 7 heteroatoms. The maximum Gasteiger partial charge on any atom is 0.274 e. The average molecular weight is 300 g/mol. The Morgan fingerprint density at radius 2 is 2.27 bits per heavy atom. The molecule has 1 aliphatic heterocycles. The normalized spacial score (nSPS) is 18.4. The van der Waals surface area contributed by atoms with Gasteiger partial charge in [-0.2, -0.15) is 0 Å². The van der Waals surface area contributed by atoms with Crippen LogP contribution in [0.4, 0.5) is 0 Å². The first kappa shape index (κ1) is 14.6. The fourth-order valence-electron chi connectivity index (χ4n) is 2.93. The van der Waals surface area contributed by atoms with Crippen LogP contribution in [-0.4, -0.2) is 42.1 Å². The number of aromatic nitrogens is 5. The van der Waals surface area contributed by atoms with Gasteiger partial charge in [0, 0.05) is 25.5 Å². The topological polar surface area (TPSA) is 76.8 Å². The molecule has 0 spiro atoms. The lowest BCUT2D eigenvalue weighted by molar-refractivity contribution is 0.0588. The molecule has 1 fully saturated rings. The first-order chi connectivity index (χ1) is 10.8. The van der Waals surface area contributed by atoms with E-state index in [-0.39, 0.29) is 11.9 Å². The number of likely N-dealkylation sites (tertiary alicyclic amines) is 1. The van der Waals surface area contributed by atoms with Crippen LogP contribution in [0.2, 0.25) is 0 Å². The Balaban J connectivity index is 1.88. The van der Waals surface area contributed by atoms with E-state index in [1.807, 2.05) is 9.47 Å². The summed E-state index contributed by atoms with van der Waals surface area (Å²) in [5, 5.41) is 8.30. The van der Waals surface area contributed by atoms with Crippen molar-refractivity contribution in [1.29, 1.82) is 0 Å². The summed E-state index contributed by atoms with van der Waals surface area (Å²) in [4.78, 5) is 22.7. The number of amides is 1. The molecule has 0 bridgehead atoms. The first-order valence-corrected chi connectivity index (χ1v) is 7.76. The first-order valence-electron chi connectivity index (χ1n) is 7.76. The fourth-order valence-corrected chi connectivity index (χ4v) is 2.93. The summed E-state index contributed by atoms with van der Waals surface area (Å²) >= 11 is 0. The second kappa shape index (κ2) is 6.64. The predicted molar refractivity (Wildman–Crippen MR) is 80.0 cm³/mol. The van der Waals surface area contributed by atoms with Gasteiger partial charge in [-0.15, -0.1) is 10.2 Å². The number of carbonyl (C=O) groups excluding carboxylic acids is 1. The minimum Gasteiger partial charge on any atom is -0.327 e. The molecule has 22 heavy (non-hydrogen) atoms. The third kappa shape index (κ3) is 2.84. The van der Waals surface area contributed by atoms with Gasteiger partial charge < -0.3 is 9.47 Å². The third-order valence-corrected chi connectivity index (χ3v) is 3.95. The summed E-state index contributed by atoms with van der Waals surface area (Å²) in [7, 11) is 0. The Morgan fingerprint density at radius 3 is 3.05 bits per heavy atom. The van der Waals surface area contributed by atoms with Crippen molar-refractivity contribution in [3.8, 4) is 0 Å². The lowest BCUT2D eigenvalue weighted by atomic mass is 10.0. The smallest absolute Gasteiger partial charge is 0.274 e. The molecule has 0 aliphatic carbocycles. The van der Waals surface area contributed by atoms with Crippen LogP contribution in [0.15, 0.2) is 24.9 Å². The zero-order chi connectivity index (χ0) is 15.4. The average Bonchev–Trinajstić information content (AvgIpc) is 3.03. The molecule has 3 rings (SSSR count). The van der Waals surface area contributed by atoms with Crippen LogP contribution in [0, 0.1) is 0 Å². The van der Waals surface area contributed by atoms with Crippen LogP contribution in [0.5, 0.6) is 0 Å². The molecule has 1 saturated heterocycles. The minimum absolute atomic E-state index is 0.0303. The molecular formula is C15H20N6O. The van der Waals surface area contributed by atoms with Crippen molar-refractivity contribution in [2.45, 2.75) is 45.2 Å². The molecule has 116 valence electrons. The Kier molecular flexibility index (Phi) is 4.41. The van der Waals surface area contributed by atoms with Crippen molar-refractivity contribution in [2.75, 3.05) is 6.54 Å². The van der Waals surface area contributed by atoms with Gasteiger partial charge in [-0.3, -0.25) is 9.78 Å². The zero-order valence-corrected chi connectivity index (χ0v) is 12.7. The van der Waals surface area contributed by atoms with Crippen LogP contribution < -0.4 is 0 Å². The van der Waals surface area contributed by atoms with Gasteiger partial charge in [0.1, 0.15) is 12.0 Å². The maximum absolute atomic E-state index is 12.7. The van der Waals surface area contributed by atoms with E-state index in [9.17, 15) is 4.79 Å². The number of piperidine rings is 1. The zero-order valence-electron chi connectivity index (χ0n) is 12.7. The highest BCUT2D eigenvalue weighted by Gasteiger charge is 2.32. The van der Waals surface area contributed by atoms with Crippen molar-refractivity contribution in [1.82, 2.24) is 29.6 Å². The van der Waals surface area contributed by atoms with Crippen LogP contribution in [0.1, 0.15) is 55.0 Å². The SMILES string of the molecule is CCCn1cnnc1C1CCCCN1C(=O)c1cnccn1. The molecule has 0 N–H and O–H groups in total. The summed E-state index contributed by atoms with van der Waals surface area (Å²) in [6, 6.07) is -0.0303. The van der Waals surface area contributed by atoms with Crippen molar-refractivity contribution in [3.63, 3.8) is 0 Å². The van der Waals surface area contributed by atoms with Crippen molar-refractivity contribution < 1.29 is 4.79 Å². The Morgan fingerprint density at radius 1 is 1.36 bits per heavy atom. The van der Waals surface area contributed by atoms with Crippen molar-refractivity contribution >= 4 is 5.91 Å². The second-order valence-electron chi connectivity index (χ2n) is 5.48. The van der Waals surface area contributed by atoms with Gasteiger partial charge in [0.2, 0.25) is 0 Å². The molecule has 2 aromatic heterocycles. The summed E-state index contributed by atoms with van der Waals surface area (Å²) < 4.78 is 2.05. The monoisotopic (exact) mass is 300 g/mol. The van der Waals surface area contributed by atoms with Gasteiger partial charge in [0.25, 0.3) is 5.91 Å². The quantitative estimate of drug-likeness (QED) is 0.861. The van der Waals surface area contributed by atoms with Gasteiger partial charge in [0.05, 0.1) is 12.2 Å². The lowest BCUT2D eigenvalue weighted by Gasteiger charge is -2.34. The molecular weight excluding hydrogens is 280 g/mol. The summed E-state index contributed by atoms with van der Waals surface area (Å²) in [6.45, 7) is 3.71. The predicted octanol–water partition coefficient (Wildman–Crippen LogP) is 1.85. The van der Waals surface area contributed by atoms with Crippen LogP contribution >= 0.6 is 0 Å². The molecule has 2 aromatic rings. The number of hydrogen-bond donors (Lipinski definition) is 0. The summed E-state index contributed by atoms with van der Waals surface area (Å²) in [5.74, 6) is 0.794. The van der Waals surface area contributed by atoms with Crippen LogP contribution in [0.25, 0.3) is 0 Å². The molecule has 0 saturated carbocycles. The number of aryl methyl sites for hydroxylation is 1. The largest absolute Gasteiger partial charge is 0.327 e. The van der Waals surface area contributed by atoms with E-state index in [0.717, 1.165) is 44.6 Å². The summed E-state index contributed by atoms with van der Waals surface area (Å²) in [5.41, 5.74) is 0.385. The standard InChI is InChI=1S/C15H20N6O/c1-2-8-20-11-18-19-14(20)13-5-3-4-9-21(13)15(22)12-10-16-6-7-17-12/h6-7,10-11,13H,2-5,8-9H2,1H3. The van der Waals surface area contributed by atoms with E-state index in [4.69, 9.17) is 0 Å². The fraction of sp³-hybridized carbons (Fsp3) is 0.533. The lowest BCUT2D eigenvalue weighted by Crippen LogP contribution is -2.40. The third-order valence-electron chi connectivity index (χ3n) is 3.95. The van der Waals surface area contributed by atoms with Gasteiger partial charge in [0.15, 0.2) is 5.82 Å². The van der Waals surface area contributed by atoms with E-state index in [0.29, 0.717) is 5.69 Å². The molecule has 7 nitrogen and oxygen atoms in total.